The van der Waals surface area contributed by atoms with E-state index in [1.807, 2.05) is 0 Å². The van der Waals surface area contributed by atoms with E-state index >= 15 is 0 Å². The molecule has 1 aliphatic heterocycles. The van der Waals surface area contributed by atoms with Crippen LogP contribution in [0.2, 0.25) is 0 Å². The second-order valence-electron chi connectivity index (χ2n) is 7.94. The number of aliphatic hydroxyl groups excluding tert-OH is 1. The average molecular weight is 476 g/mol. The lowest BCUT2D eigenvalue weighted by Gasteiger charge is -2.42. The lowest BCUT2D eigenvalue weighted by Crippen LogP contribution is -2.60. The molecule has 3 aromatic rings. The maximum absolute atomic E-state index is 12.9. The standard InChI is InChI=1S/C27H24O8/c1-17-21(33-24(28)18-11-5-2-6-12-18)22(34-25(29)19-13-7-3-8-14-19)23(27(31)32-17)35-26(30)20-15-9-4-10-16-20/h2-17,21-23,27,31H,1H3/t17-,21-,22-,23+,27-/m0/s1. The van der Waals surface area contributed by atoms with Crippen molar-refractivity contribution in [2.45, 2.75) is 37.6 Å². The number of ether oxygens (including phenoxy) is 4. The summed E-state index contributed by atoms with van der Waals surface area (Å²) in [7, 11) is 0. The van der Waals surface area contributed by atoms with Gasteiger partial charge in [0.15, 0.2) is 24.6 Å². The molecule has 1 aliphatic rings. The third kappa shape index (κ3) is 5.74. The fourth-order valence-electron chi connectivity index (χ4n) is 3.71. The summed E-state index contributed by atoms with van der Waals surface area (Å²) in [4.78, 5) is 38.5. The first-order valence-corrected chi connectivity index (χ1v) is 11.1. The van der Waals surface area contributed by atoms with Gasteiger partial charge in [0.2, 0.25) is 0 Å². The van der Waals surface area contributed by atoms with Crippen molar-refractivity contribution in [3.05, 3.63) is 108 Å². The van der Waals surface area contributed by atoms with E-state index in [1.54, 1.807) is 97.9 Å². The molecule has 180 valence electrons. The molecule has 3 aromatic carbocycles. The van der Waals surface area contributed by atoms with Crippen molar-refractivity contribution in [3.8, 4) is 0 Å². The quantitative estimate of drug-likeness (QED) is 0.426. The zero-order valence-electron chi connectivity index (χ0n) is 18.9. The van der Waals surface area contributed by atoms with Gasteiger partial charge in [-0.2, -0.15) is 0 Å². The van der Waals surface area contributed by atoms with Crippen LogP contribution in [0.1, 0.15) is 38.0 Å². The van der Waals surface area contributed by atoms with E-state index in [4.69, 9.17) is 18.9 Å². The van der Waals surface area contributed by atoms with Crippen LogP contribution in [0.3, 0.4) is 0 Å². The first-order valence-electron chi connectivity index (χ1n) is 11.1. The SMILES string of the molecule is C[C@@H]1O[C@H](O)[C@H](OC(=O)c2ccccc2)[C@@H](OC(=O)c2ccccc2)[C@H]1OC(=O)c1ccccc1. The average Bonchev–Trinajstić information content (AvgIpc) is 2.89. The van der Waals surface area contributed by atoms with E-state index in [1.165, 1.54) is 0 Å². The molecule has 0 spiro atoms. The minimum absolute atomic E-state index is 0.226. The number of aliphatic hydroxyl groups is 1. The summed E-state index contributed by atoms with van der Waals surface area (Å²) in [5, 5.41) is 10.6. The van der Waals surface area contributed by atoms with Gasteiger partial charge in [0.1, 0.15) is 0 Å². The fraction of sp³-hybridized carbons (Fsp3) is 0.222. The molecule has 8 heteroatoms. The van der Waals surface area contributed by atoms with Crippen LogP contribution in [0.15, 0.2) is 91.0 Å². The van der Waals surface area contributed by atoms with Gasteiger partial charge in [-0.3, -0.25) is 0 Å². The number of carbonyl (C=O) groups excluding carboxylic acids is 3. The van der Waals surface area contributed by atoms with E-state index in [-0.39, 0.29) is 16.7 Å². The highest BCUT2D eigenvalue weighted by Crippen LogP contribution is 2.29. The number of hydrogen-bond acceptors (Lipinski definition) is 8. The summed E-state index contributed by atoms with van der Waals surface area (Å²) in [5.41, 5.74) is 0.739. The summed E-state index contributed by atoms with van der Waals surface area (Å²) < 4.78 is 22.4. The summed E-state index contributed by atoms with van der Waals surface area (Å²) in [5.74, 6) is -2.18. The highest BCUT2D eigenvalue weighted by molar-refractivity contribution is 5.91. The molecule has 5 atom stereocenters. The number of rotatable bonds is 6. The van der Waals surface area contributed by atoms with Gasteiger partial charge >= 0.3 is 17.9 Å². The lowest BCUT2D eigenvalue weighted by molar-refractivity contribution is -0.275. The Labute approximate surface area is 202 Å². The zero-order chi connectivity index (χ0) is 24.8. The van der Waals surface area contributed by atoms with Crippen LogP contribution >= 0.6 is 0 Å². The normalized spacial score (nSPS) is 23.7. The molecular weight excluding hydrogens is 452 g/mol. The molecule has 0 bridgehead atoms. The van der Waals surface area contributed by atoms with Gasteiger partial charge in [-0.15, -0.1) is 0 Å². The van der Waals surface area contributed by atoms with Gasteiger partial charge in [0, 0.05) is 0 Å². The van der Waals surface area contributed by atoms with Gasteiger partial charge in [-0.1, -0.05) is 54.6 Å². The Balaban J connectivity index is 1.63. The van der Waals surface area contributed by atoms with Crippen LogP contribution in [0.5, 0.6) is 0 Å². The molecule has 35 heavy (non-hydrogen) atoms. The van der Waals surface area contributed by atoms with Crippen LogP contribution in [0.25, 0.3) is 0 Å². The van der Waals surface area contributed by atoms with Crippen LogP contribution in [0.4, 0.5) is 0 Å². The molecule has 0 aromatic heterocycles. The monoisotopic (exact) mass is 476 g/mol. The minimum Gasteiger partial charge on any atom is -0.452 e. The number of carbonyl (C=O) groups is 3. The fourth-order valence-corrected chi connectivity index (χ4v) is 3.71. The Morgan fingerprint density at radius 3 is 1.34 bits per heavy atom. The second-order valence-corrected chi connectivity index (χ2v) is 7.94. The van der Waals surface area contributed by atoms with E-state index < -0.39 is 48.6 Å². The molecule has 1 N–H and O–H groups in total. The molecule has 0 aliphatic carbocycles. The molecule has 0 unspecified atom stereocenters. The van der Waals surface area contributed by atoms with Gasteiger partial charge < -0.3 is 24.1 Å². The van der Waals surface area contributed by atoms with E-state index in [0.717, 1.165) is 0 Å². The van der Waals surface area contributed by atoms with Gasteiger partial charge in [0.25, 0.3) is 0 Å². The summed E-state index contributed by atoms with van der Waals surface area (Å²) in [6.07, 6.45) is -6.48. The third-order valence-corrected chi connectivity index (χ3v) is 5.50. The molecule has 1 saturated heterocycles. The summed E-state index contributed by atoms with van der Waals surface area (Å²) in [6.45, 7) is 1.56. The molecule has 4 rings (SSSR count). The molecular formula is C27H24O8. The van der Waals surface area contributed by atoms with E-state index in [9.17, 15) is 19.5 Å². The number of hydrogen-bond donors (Lipinski definition) is 1. The molecule has 0 amide bonds. The Morgan fingerprint density at radius 1 is 0.600 bits per heavy atom. The highest BCUT2D eigenvalue weighted by atomic mass is 16.7. The predicted octanol–water partition coefficient (Wildman–Crippen LogP) is 3.40. The van der Waals surface area contributed by atoms with Crippen molar-refractivity contribution < 1.29 is 38.4 Å². The maximum atomic E-state index is 12.9. The molecule has 0 saturated carbocycles. The predicted molar refractivity (Wildman–Crippen MR) is 123 cm³/mol. The maximum Gasteiger partial charge on any atom is 0.338 e. The molecule has 8 nitrogen and oxygen atoms in total. The molecule has 1 heterocycles. The number of benzene rings is 3. The van der Waals surface area contributed by atoms with E-state index in [2.05, 4.69) is 0 Å². The molecule has 0 radical (unpaired) electrons. The Morgan fingerprint density at radius 2 is 0.943 bits per heavy atom. The zero-order valence-corrected chi connectivity index (χ0v) is 18.9. The van der Waals surface area contributed by atoms with Crippen LogP contribution < -0.4 is 0 Å². The molecule has 1 fully saturated rings. The summed E-state index contributed by atoms with van der Waals surface area (Å²) in [6, 6.07) is 24.6. The third-order valence-electron chi connectivity index (χ3n) is 5.50. The van der Waals surface area contributed by atoms with Crippen LogP contribution in [-0.4, -0.2) is 53.7 Å². The lowest BCUT2D eigenvalue weighted by atomic mass is 9.98. The Hall–Kier alpha value is -4.01. The minimum atomic E-state index is -1.63. The Kier molecular flexibility index (Phi) is 7.54. The van der Waals surface area contributed by atoms with Gasteiger partial charge in [-0.05, 0) is 43.3 Å². The van der Waals surface area contributed by atoms with Crippen molar-refractivity contribution in [1.82, 2.24) is 0 Å². The topological polar surface area (TPSA) is 108 Å². The van der Waals surface area contributed by atoms with E-state index in [0.29, 0.717) is 0 Å². The van der Waals surface area contributed by atoms with Crippen molar-refractivity contribution >= 4 is 17.9 Å². The first-order chi connectivity index (χ1) is 16.9. The van der Waals surface area contributed by atoms with Crippen molar-refractivity contribution in [2.75, 3.05) is 0 Å². The van der Waals surface area contributed by atoms with Crippen molar-refractivity contribution in [3.63, 3.8) is 0 Å². The van der Waals surface area contributed by atoms with Crippen LogP contribution in [-0.2, 0) is 18.9 Å². The Bertz CT molecular complexity index is 1080. The van der Waals surface area contributed by atoms with Crippen molar-refractivity contribution in [2.24, 2.45) is 0 Å². The summed E-state index contributed by atoms with van der Waals surface area (Å²) >= 11 is 0. The second kappa shape index (κ2) is 10.9. The van der Waals surface area contributed by atoms with Crippen LogP contribution in [0, 0.1) is 0 Å². The smallest absolute Gasteiger partial charge is 0.338 e. The van der Waals surface area contributed by atoms with Crippen molar-refractivity contribution in [1.29, 1.82) is 0 Å². The number of esters is 3. The largest absolute Gasteiger partial charge is 0.452 e. The first kappa shape index (κ1) is 24.1. The van der Waals surface area contributed by atoms with Gasteiger partial charge in [-0.25, -0.2) is 14.4 Å². The highest BCUT2D eigenvalue weighted by Gasteiger charge is 2.50. The van der Waals surface area contributed by atoms with Gasteiger partial charge in [0.05, 0.1) is 22.8 Å².